The molecule has 1 aliphatic heterocycles. The summed E-state index contributed by atoms with van der Waals surface area (Å²) < 4.78 is 5.12. The summed E-state index contributed by atoms with van der Waals surface area (Å²) in [6.45, 7) is 1.72. The minimum atomic E-state index is 0.0700. The molecule has 80 valence electrons. The minimum absolute atomic E-state index is 0.0700. The molecular weight excluding hydrogens is 214 g/mol. The van der Waals surface area contributed by atoms with E-state index in [0.29, 0.717) is 31.3 Å². The molecule has 1 amide bonds. The fourth-order valence-corrected chi connectivity index (χ4v) is 1.73. The Morgan fingerprint density at radius 3 is 2.93 bits per heavy atom. The van der Waals surface area contributed by atoms with Crippen LogP contribution in [0, 0.1) is 0 Å². The summed E-state index contributed by atoms with van der Waals surface area (Å²) in [6, 6.07) is 7.41. The molecule has 1 heterocycles. The Kier molecular flexibility index (Phi) is 3.23. The molecule has 0 aliphatic carbocycles. The lowest BCUT2D eigenvalue weighted by molar-refractivity contribution is -0.130. The van der Waals surface area contributed by atoms with E-state index in [2.05, 4.69) is 0 Å². The molecule has 0 unspecified atom stereocenters. The molecule has 0 aromatic heterocycles. The van der Waals surface area contributed by atoms with Crippen molar-refractivity contribution >= 4 is 17.5 Å². The topological polar surface area (TPSA) is 29.5 Å². The zero-order valence-electron chi connectivity index (χ0n) is 8.28. The summed E-state index contributed by atoms with van der Waals surface area (Å²) in [5, 5.41) is 0.644. The molecule has 2 rings (SSSR count). The van der Waals surface area contributed by atoms with Crippen molar-refractivity contribution in [2.75, 3.05) is 19.9 Å². The SMILES string of the molecule is O=C(Cc1ccccc1Cl)N1CCOC1. The van der Waals surface area contributed by atoms with Crippen molar-refractivity contribution < 1.29 is 9.53 Å². The standard InChI is InChI=1S/C11H12ClNO2/c12-10-4-2-1-3-9(10)7-11(14)13-5-6-15-8-13/h1-4H,5-8H2. The van der Waals surface area contributed by atoms with Gasteiger partial charge in [-0.15, -0.1) is 0 Å². The van der Waals surface area contributed by atoms with Gasteiger partial charge in [0, 0.05) is 11.6 Å². The van der Waals surface area contributed by atoms with Crippen molar-refractivity contribution in [1.29, 1.82) is 0 Å². The lowest BCUT2D eigenvalue weighted by atomic mass is 10.1. The molecule has 0 radical (unpaired) electrons. The molecule has 1 aromatic carbocycles. The number of nitrogens with zero attached hydrogens (tertiary/aromatic N) is 1. The zero-order valence-corrected chi connectivity index (χ0v) is 9.04. The van der Waals surface area contributed by atoms with Crippen LogP contribution >= 0.6 is 11.6 Å². The number of carbonyl (C=O) groups is 1. The van der Waals surface area contributed by atoms with Crippen LogP contribution in [0.1, 0.15) is 5.56 Å². The molecule has 0 atom stereocenters. The number of hydrogen-bond donors (Lipinski definition) is 0. The Labute approximate surface area is 93.6 Å². The first kappa shape index (κ1) is 10.5. The van der Waals surface area contributed by atoms with Crippen molar-refractivity contribution in [2.45, 2.75) is 6.42 Å². The molecule has 4 heteroatoms. The summed E-state index contributed by atoms with van der Waals surface area (Å²) in [4.78, 5) is 13.5. The molecule has 0 bridgehead atoms. The fourth-order valence-electron chi connectivity index (χ4n) is 1.53. The van der Waals surface area contributed by atoms with Gasteiger partial charge in [-0.05, 0) is 11.6 Å². The van der Waals surface area contributed by atoms with Crippen molar-refractivity contribution in [2.24, 2.45) is 0 Å². The maximum Gasteiger partial charge on any atom is 0.228 e. The largest absolute Gasteiger partial charge is 0.359 e. The van der Waals surface area contributed by atoms with E-state index in [0.717, 1.165) is 5.56 Å². The second-order valence-corrected chi connectivity index (χ2v) is 3.87. The third-order valence-electron chi connectivity index (χ3n) is 2.40. The van der Waals surface area contributed by atoms with Crippen LogP contribution in [-0.4, -0.2) is 30.7 Å². The molecule has 1 saturated heterocycles. The molecule has 1 fully saturated rings. The lowest BCUT2D eigenvalue weighted by Crippen LogP contribution is -2.29. The van der Waals surface area contributed by atoms with E-state index < -0.39 is 0 Å². The van der Waals surface area contributed by atoms with E-state index in [1.165, 1.54) is 0 Å². The van der Waals surface area contributed by atoms with Gasteiger partial charge in [0.05, 0.1) is 13.0 Å². The van der Waals surface area contributed by atoms with E-state index >= 15 is 0 Å². The van der Waals surface area contributed by atoms with Crippen LogP contribution in [0.25, 0.3) is 0 Å². The van der Waals surface area contributed by atoms with Gasteiger partial charge >= 0.3 is 0 Å². The van der Waals surface area contributed by atoms with Crippen molar-refractivity contribution in [1.82, 2.24) is 4.90 Å². The summed E-state index contributed by atoms with van der Waals surface area (Å²) in [5.74, 6) is 0.0700. The number of rotatable bonds is 2. The predicted molar refractivity (Wildman–Crippen MR) is 57.7 cm³/mol. The maximum absolute atomic E-state index is 11.8. The van der Waals surface area contributed by atoms with Gasteiger partial charge in [-0.25, -0.2) is 0 Å². The van der Waals surface area contributed by atoms with Crippen LogP contribution in [0.15, 0.2) is 24.3 Å². The van der Waals surface area contributed by atoms with Gasteiger partial charge < -0.3 is 9.64 Å². The highest BCUT2D eigenvalue weighted by Gasteiger charge is 2.18. The Hall–Kier alpha value is -1.06. The van der Waals surface area contributed by atoms with Crippen molar-refractivity contribution in [3.8, 4) is 0 Å². The highest BCUT2D eigenvalue weighted by atomic mass is 35.5. The predicted octanol–water partition coefficient (Wildman–Crippen LogP) is 1.70. The van der Waals surface area contributed by atoms with Gasteiger partial charge in [-0.1, -0.05) is 29.8 Å². The van der Waals surface area contributed by atoms with E-state index in [9.17, 15) is 4.79 Å². The molecule has 3 nitrogen and oxygen atoms in total. The lowest BCUT2D eigenvalue weighted by Gasteiger charge is -2.13. The fraction of sp³-hybridized carbons (Fsp3) is 0.364. The Balaban J connectivity index is 2.02. The average Bonchev–Trinajstić information content (AvgIpc) is 2.74. The second kappa shape index (κ2) is 4.64. The van der Waals surface area contributed by atoms with E-state index in [-0.39, 0.29) is 5.91 Å². The molecule has 0 N–H and O–H groups in total. The molecule has 0 saturated carbocycles. The summed E-state index contributed by atoms with van der Waals surface area (Å²) >= 11 is 5.97. The van der Waals surface area contributed by atoms with Crippen molar-refractivity contribution in [3.63, 3.8) is 0 Å². The zero-order chi connectivity index (χ0) is 10.7. The van der Waals surface area contributed by atoms with Gasteiger partial charge in [0.25, 0.3) is 0 Å². The van der Waals surface area contributed by atoms with E-state index in [4.69, 9.17) is 16.3 Å². The van der Waals surface area contributed by atoms with Crippen LogP contribution < -0.4 is 0 Å². The summed E-state index contributed by atoms with van der Waals surface area (Å²) in [7, 11) is 0. The van der Waals surface area contributed by atoms with Gasteiger partial charge in [0.2, 0.25) is 5.91 Å². The van der Waals surface area contributed by atoms with Crippen LogP contribution in [0.3, 0.4) is 0 Å². The number of carbonyl (C=O) groups excluding carboxylic acids is 1. The minimum Gasteiger partial charge on any atom is -0.359 e. The quantitative estimate of drug-likeness (QED) is 0.767. The summed E-state index contributed by atoms with van der Waals surface area (Å²) in [6.07, 6.45) is 0.350. The molecule has 15 heavy (non-hydrogen) atoms. The number of benzene rings is 1. The maximum atomic E-state index is 11.8. The van der Waals surface area contributed by atoms with Gasteiger partial charge in [-0.3, -0.25) is 4.79 Å². The number of hydrogen-bond acceptors (Lipinski definition) is 2. The summed E-state index contributed by atoms with van der Waals surface area (Å²) in [5.41, 5.74) is 0.871. The number of ether oxygens (including phenoxy) is 1. The second-order valence-electron chi connectivity index (χ2n) is 3.46. The first-order chi connectivity index (χ1) is 7.27. The molecule has 1 aliphatic rings. The molecule has 1 aromatic rings. The first-order valence-electron chi connectivity index (χ1n) is 4.86. The third kappa shape index (κ3) is 2.49. The van der Waals surface area contributed by atoms with Crippen LogP contribution in [-0.2, 0) is 16.0 Å². The van der Waals surface area contributed by atoms with Gasteiger partial charge in [-0.2, -0.15) is 0 Å². The Morgan fingerprint density at radius 2 is 2.27 bits per heavy atom. The first-order valence-corrected chi connectivity index (χ1v) is 5.24. The van der Waals surface area contributed by atoms with E-state index in [1.807, 2.05) is 18.2 Å². The number of amides is 1. The normalized spacial score (nSPS) is 15.7. The van der Waals surface area contributed by atoms with Crippen LogP contribution in [0.5, 0.6) is 0 Å². The van der Waals surface area contributed by atoms with E-state index in [1.54, 1.807) is 11.0 Å². The third-order valence-corrected chi connectivity index (χ3v) is 2.77. The molecule has 0 spiro atoms. The van der Waals surface area contributed by atoms with Gasteiger partial charge in [0.1, 0.15) is 6.73 Å². The highest BCUT2D eigenvalue weighted by molar-refractivity contribution is 6.31. The number of halogens is 1. The average molecular weight is 226 g/mol. The van der Waals surface area contributed by atoms with Crippen LogP contribution in [0.2, 0.25) is 5.02 Å². The monoisotopic (exact) mass is 225 g/mol. The molecular formula is C11H12ClNO2. The highest BCUT2D eigenvalue weighted by Crippen LogP contribution is 2.16. The Morgan fingerprint density at radius 1 is 1.47 bits per heavy atom. The Bertz CT molecular complexity index is 361. The van der Waals surface area contributed by atoms with Crippen molar-refractivity contribution in [3.05, 3.63) is 34.9 Å². The van der Waals surface area contributed by atoms with Gasteiger partial charge in [0.15, 0.2) is 0 Å². The van der Waals surface area contributed by atoms with Crippen LogP contribution in [0.4, 0.5) is 0 Å². The smallest absolute Gasteiger partial charge is 0.228 e.